The quantitative estimate of drug-likeness (QED) is 0.672. The van der Waals surface area contributed by atoms with Crippen molar-refractivity contribution in [1.29, 1.82) is 0 Å². The molecule has 0 saturated heterocycles. The number of methoxy groups -OCH3 is 3. The molecule has 0 fully saturated rings. The maximum atomic E-state index is 12.9. The van der Waals surface area contributed by atoms with Gasteiger partial charge in [0, 0.05) is 13.2 Å². The Hall–Kier alpha value is -3.29. The molecule has 3 rings (SSSR count). The summed E-state index contributed by atoms with van der Waals surface area (Å²) in [7, 11) is 6.21. The Kier molecular flexibility index (Phi) is 4.92. The number of hydrogen-bond donors (Lipinski definition) is 0. The molecule has 0 spiro atoms. The summed E-state index contributed by atoms with van der Waals surface area (Å²) in [6, 6.07) is 8.96. The van der Waals surface area contributed by atoms with Crippen LogP contribution < -0.4 is 14.2 Å². The molecule has 2 heterocycles. The molecule has 136 valence electrons. The van der Waals surface area contributed by atoms with Crippen LogP contribution in [0.15, 0.2) is 36.5 Å². The summed E-state index contributed by atoms with van der Waals surface area (Å²) in [5.74, 6) is 1.63. The zero-order valence-corrected chi connectivity index (χ0v) is 15.1. The van der Waals surface area contributed by atoms with Crippen LogP contribution >= 0.6 is 0 Å². The first kappa shape index (κ1) is 17.5. The second-order valence-electron chi connectivity index (χ2n) is 5.59. The van der Waals surface area contributed by atoms with Crippen LogP contribution in [0.4, 0.5) is 0 Å². The Labute approximate surface area is 150 Å². The van der Waals surface area contributed by atoms with E-state index in [9.17, 15) is 4.79 Å². The predicted octanol–water partition coefficient (Wildman–Crippen LogP) is 2.03. The fourth-order valence-corrected chi connectivity index (χ4v) is 2.76. The number of ether oxygens (including phenoxy) is 3. The monoisotopic (exact) mass is 356 g/mol. The fourth-order valence-electron chi connectivity index (χ4n) is 2.76. The van der Waals surface area contributed by atoms with Crippen LogP contribution in [0.1, 0.15) is 16.2 Å². The van der Waals surface area contributed by atoms with Crippen LogP contribution in [0.3, 0.4) is 0 Å². The minimum Gasteiger partial charge on any atom is -0.493 e. The molecule has 0 saturated carbocycles. The van der Waals surface area contributed by atoms with Gasteiger partial charge in [-0.05, 0) is 24.3 Å². The average Bonchev–Trinajstić information content (AvgIpc) is 3.08. The lowest BCUT2D eigenvalue weighted by atomic mass is 10.1. The first-order chi connectivity index (χ1) is 12.6. The molecule has 1 amide bonds. The number of pyridine rings is 1. The minimum atomic E-state index is -0.226. The maximum absolute atomic E-state index is 12.9. The zero-order chi connectivity index (χ0) is 18.7. The lowest BCUT2D eigenvalue weighted by Crippen LogP contribution is -2.27. The summed E-state index contributed by atoms with van der Waals surface area (Å²) in [5, 5.41) is 8.26. The maximum Gasteiger partial charge on any atom is 0.257 e. The lowest BCUT2D eigenvalue weighted by Gasteiger charge is -2.20. The van der Waals surface area contributed by atoms with Gasteiger partial charge in [-0.15, -0.1) is 10.2 Å². The molecule has 8 heteroatoms. The first-order valence-electron chi connectivity index (χ1n) is 7.93. The summed E-state index contributed by atoms with van der Waals surface area (Å²) in [4.78, 5) is 14.5. The van der Waals surface area contributed by atoms with Gasteiger partial charge in [0.15, 0.2) is 23.0 Å². The van der Waals surface area contributed by atoms with E-state index in [2.05, 4.69) is 10.2 Å². The molecular weight excluding hydrogens is 336 g/mol. The SMILES string of the molecule is COc1ccc(C(=O)N(C)Cc2nnc3ccccn23)c(OC)c1OC. The van der Waals surface area contributed by atoms with Gasteiger partial charge in [0.2, 0.25) is 5.75 Å². The molecule has 0 unspecified atom stereocenters. The van der Waals surface area contributed by atoms with Gasteiger partial charge in [-0.3, -0.25) is 9.20 Å². The van der Waals surface area contributed by atoms with E-state index in [1.165, 1.54) is 21.3 Å². The highest BCUT2D eigenvalue weighted by Gasteiger charge is 2.23. The van der Waals surface area contributed by atoms with Crippen molar-refractivity contribution in [2.75, 3.05) is 28.4 Å². The van der Waals surface area contributed by atoms with Gasteiger partial charge in [0.25, 0.3) is 5.91 Å². The van der Waals surface area contributed by atoms with Gasteiger partial charge in [-0.2, -0.15) is 0 Å². The van der Waals surface area contributed by atoms with Crippen LogP contribution in [0.25, 0.3) is 5.65 Å². The van der Waals surface area contributed by atoms with Crippen LogP contribution in [0.5, 0.6) is 17.2 Å². The smallest absolute Gasteiger partial charge is 0.257 e. The summed E-state index contributed by atoms with van der Waals surface area (Å²) < 4.78 is 17.8. The molecular formula is C18H20N4O4. The van der Waals surface area contributed by atoms with E-state index in [4.69, 9.17) is 14.2 Å². The standard InChI is InChI=1S/C18H20N4O4/c1-21(11-15-20-19-14-7-5-6-10-22(14)15)18(23)12-8-9-13(24-2)17(26-4)16(12)25-3/h5-10H,11H2,1-4H3. The Balaban J connectivity index is 1.91. The van der Waals surface area contributed by atoms with Gasteiger partial charge >= 0.3 is 0 Å². The van der Waals surface area contributed by atoms with Gasteiger partial charge in [-0.25, -0.2) is 0 Å². The summed E-state index contributed by atoms with van der Waals surface area (Å²) in [6.45, 7) is 0.293. The van der Waals surface area contributed by atoms with Crippen LogP contribution in [-0.2, 0) is 6.54 Å². The molecule has 0 radical (unpaired) electrons. The van der Waals surface area contributed by atoms with Crippen molar-refractivity contribution in [3.63, 3.8) is 0 Å². The van der Waals surface area contributed by atoms with Crippen molar-refractivity contribution in [2.45, 2.75) is 6.54 Å². The van der Waals surface area contributed by atoms with Crippen LogP contribution in [0.2, 0.25) is 0 Å². The lowest BCUT2D eigenvalue weighted by molar-refractivity contribution is 0.0777. The summed E-state index contributed by atoms with van der Waals surface area (Å²) in [5.41, 5.74) is 1.11. The van der Waals surface area contributed by atoms with Gasteiger partial charge < -0.3 is 19.1 Å². The Morgan fingerprint density at radius 3 is 2.50 bits per heavy atom. The minimum absolute atomic E-state index is 0.226. The van der Waals surface area contributed by atoms with E-state index in [-0.39, 0.29) is 5.91 Å². The van der Waals surface area contributed by atoms with Crippen LogP contribution in [-0.4, -0.2) is 53.8 Å². The number of benzene rings is 1. The van der Waals surface area contributed by atoms with E-state index in [0.717, 1.165) is 5.65 Å². The van der Waals surface area contributed by atoms with Crippen molar-refractivity contribution in [1.82, 2.24) is 19.5 Å². The topological polar surface area (TPSA) is 78.2 Å². The fraction of sp³-hybridized carbons (Fsp3) is 0.278. The van der Waals surface area contributed by atoms with Crippen molar-refractivity contribution in [3.8, 4) is 17.2 Å². The number of nitrogens with zero attached hydrogens (tertiary/aromatic N) is 4. The summed E-state index contributed by atoms with van der Waals surface area (Å²) in [6.07, 6.45) is 1.86. The number of hydrogen-bond acceptors (Lipinski definition) is 6. The van der Waals surface area contributed by atoms with Gasteiger partial charge in [-0.1, -0.05) is 6.07 Å². The molecule has 1 aromatic carbocycles. The molecule has 3 aromatic rings. The van der Waals surface area contributed by atoms with E-state index in [1.54, 1.807) is 24.1 Å². The average molecular weight is 356 g/mol. The van der Waals surface area contributed by atoms with E-state index >= 15 is 0 Å². The predicted molar refractivity (Wildman–Crippen MR) is 94.9 cm³/mol. The molecule has 0 atom stereocenters. The van der Waals surface area contributed by atoms with Crippen molar-refractivity contribution < 1.29 is 19.0 Å². The molecule has 0 bridgehead atoms. The molecule has 8 nitrogen and oxygen atoms in total. The highest BCUT2D eigenvalue weighted by atomic mass is 16.5. The Morgan fingerprint density at radius 1 is 1.04 bits per heavy atom. The van der Waals surface area contributed by atoms with Gasteiger partial charge in [0.1, 0.15) is 0 Å². The van der Waals surface area contributed by atoms with Crippen LogP contribution in [0, 0.1) is 0 Å². The second-order valence-corrected chi connectivity index (χ2v) is 5.59. The number of fused-ring (bicyclic) bond motifs is 1. The second kappa shape index (κ2) is 7.30. The van der Waals surface area contributed by atoms with E-state index in [0.29, 0.717) is 35.2 Å². The molecule has 2 aromatic heterocycles. The highest BCUT2D eigenvalue weighted by Crippen LogP contribution is 2.40. The summed E-state index contributed by atoms with van der Waals surface area (Å²) >= 11 is 0. The molecule has 0 aliphatic carbocycles. The zero-order valence-electron chi connectivity index (χ0n) is 15.1. The highest BCUT2D eigenvalue weighted by molar-refractivity contribution is 5.98. The number of carbonyl (C=O) groups is 1. The van der Waals surface area contributed by atoms with Crippen molar-refractivity contribution in [2.24, 2.45) is 0 Å². The van der Waals surface area contributed by atoms with Gasteiger partial charge in [0.05, 0.1) is 33.4 Å². The molecule has 0 N–H and O–H groups in total. The Bertz CT molecular complexity index is 938. The number of rotatable bonds is 6. The third kappa shape index (κ3) is 3.01. The van der Waals surface area contributed by atoms with Crippen molar-refractivity contribution in [3.05, 3.63) is 47.9 Å². The molecule has 0 aliphatic rings. The first-order valence-corrected chi connectivity index (χ1v) is 7.93. The number of aromatic nitrogens is 3. The van der Waals surface area contributed by atoms with E-state index in [1.807, 2.05) is 28.8 Å². The number of amides is 1. The van der Waals surface area contributed by atoms with E-state index < -0.39 is 0 Å². The largest absolute Gasteiger partial charge is 0.493 e. The third-order valence-electron chi connectivity index (χ3n) is 4.04. The third-order valence-corrected chi connectivity index (χ3v) is 4.04. The molecule has 0 aliphatic heterocycles. The molecule has 26 heavy (non-hydrogen) atoms. The van der Waals surface area contributed by atoms with Crippen molar-refractivity contribution >= 4 is 11.6 Å². The normalized spacial score (nSPS) is 10.6. The number of carbonyl (C=O) groups excluding carboxylic acids is 1. The Morgan fingerprint density at radius 2 is 1.81 bits per heavy atom.